The monoisotopic (exact) mass is 169 g/mol. The Morgan fingerprint density at radius 3 is 3.17 bits per heavy atom. The Hall–Kier alpha value is -0.0800. The maximum atomic E-state index is 5.82. The molecule has 0 aromatic carbocycles. The quantitative estimate of drug-likeness (QED) is 0.643. The van der Waals surface area contributed by atoms with Crippen LogP contribution in [-0.2, 0) is 4.84 Å². The SMILES string of the molecule is CCCC[C@@H]1C[C@H]2CCCN2O1. The summed E-state index contributed by atoms with van der Waals surface area (Å²) in [5.41, 5.74) is 0. The molecule has 12 heavy (non-hydrogen) atoms. The first kappa shape index (κ1) is 8.52. The number of hydroxylamine groups is 2. The first-order chi connectivity index (χ1) is 5.90. The van der Waals surface area contributed by atoms with E-state index in [-0.39, 0.29) is 0 Å². The number of nitrogens with zero attached hydrogens (tertiary/aromatic N) is 1. The number of unbranched alkanes of at least 4 members (excludes halogenated alkanes) is 1. The highest BCUT2D eigenvalue weighted by Gasteiger charge is 2.35. The van der Waals surface area contributed by atoms with Crippen LogP contribution in [0, 0.1) is 0 Å². The molecule has 0 spiro atoms. The largest absolute Gasteiger partial charge is 0.295 e. The zero-order valence-corrected chi connectivity index (χ0v) is 7.96. The fourth-order valence-corrected chi connectivity index (χ4v) is 2.32. The lowest BCUT2D eigenvalue weighted by molar-refractivity contribution is -0.149. The van der Waals surface area contributed by atoms with E-state index >= 15 is 0 Å². The summed E-state index contributed by atoms with van der Waals surface area (Å²) < 4.78 is 0. The molecule has 2 heteroatoms. The molecule has 0 aromatic rings. The predicted molar refractivity (Wildman–Crippen MR) is 48.7 cm³/mol. The van der Waals surface area contributed by atoms with Gasteiger partial charge in [0.25, 0.3) is 0 Å². The molecule has 2 saturated heterocycles. The Bertz CT molecular complexity index is 137. The van der Waals surface area contributed by atoms with Crippen LogP contribution in [0.4, 0.5) is 0 Å². The van der Waals surface area contributed by atoms with Crippen molar-refractivity contribution in [3.63, 3.8) is 0 Å². The van der Waals surface area contributed by atoms with Crippen LogP contribution in [0.1, 0.15) is 45.4 Å². The minimum atomic E-state index is 0.551. The van der Waals surface area contributed by atoms with Crippen molar-refractivity contribution in [2.75, 3.05) is 6.54 Å². The van der Waals surface area contributed by atoms with Crippen LogP contribution >= 0.6 is 0 Å². The number of hydrogen-bond acceptors (Lipinski definition) is 2. The van der Waals surface area contributed by atoms with E-state index in [0.29, 0.717) is 6.10 Å². The molecule has 2 nitrogen and oxygen atoms in total. The number of fused-ring (bicyclic) bond motifs is 1. The van der Waals surface area contributed by atoms with E-state index in [4.69, 9.17) is 4.84 Å². The van der Waals surface area contributed by atoms with Crippen LogP contribution in [0.25, 0.3) is 0 Å². The van der Waals surface area contributed by atoms with Gasteiger partial charge in [-0.2, -0.15) is 5.06 Å². The summed E-state index contributed by atoms with van der Waals surface area (Å²) in [7, 11) is 0. The molecule has 0 radical (unpaired) electrons. The van der Waals surface area contributed by atoms with Gasteiger partial charge in [-0.15, -0.1) is 0 Å². The Morgan fingerprint density at radius 2 is 2.42 bits per heavy atom. The van der Waals surface area contributed by atoms with Crippen molar-refractivity contribution in [3.8, 4) is 0 Å². The molecule has 2 atom stereocenters. The molecule has 0 unspecified atom stereocenters. The molecule has 0 amide bonds. The van der Waals surface area contributed by atoms with Gasteiger partial charge in [0.2, 0.25) is 0 Å². The summed E-state index contributed by atoms with van der Waals surface area (Å²) in [6.07, 6.45) is 8.43. The molecule has 0 N–H and O–H groups in total. The van der Waals surface area contributed by atoms with Crippen molar-refractivity contribution in [2.45, 2.75) is 57.6 Å². The van der Waals surface area contributed by atoms with Gasteiger partial charge in [0, 0.05) is 12.6 Å². The van der Waals surface area contributed by atoms with Crippen LogP contribution in [0.5, 0.6) is 0 Å². The molecule has 2 fully saturated rings. The Labute approximate surface area is 74.8 Å². The van der Waals surface area contributed by atoms with Gasteiger partial charge in [0.15, 0.2) is 0 Å². The summed E-state index contributed by atoms with van der Waals surface area (Å²) in [5.74, 6) is 0. The lowest BCUT2D eigenvalue weighted by Crippen LogP contribution is -2.20. The molecule has 2 rings (SSSR count). The molecule has 2 aliphatic rings. The van der Waals surface area contributed by atoms with E-state index < -0.39 is 0 Å². The van der Waals surface area contributed by atoms with Crippen molar-refractivity contribution < 1.29 is 4.84 Å². The van der Waals surface area contributed by atoms with Gasteiger partial charge in [0.05, 0.1) is 6.10 Å². The standard InChI is InChI=1S/C10H19NO/c1-2-3-6-10-8-9-5-4-7-11(9)12-10/h9-10H,2-8H2,1H3/t9-,10-/m1/s1. The van der Waals surface area contributed by atoms with Gasteiger partial charge in [-0.25, -0.2) is 0 Å². The minimum Gasteiger partial charge on any atom is -0.295 e. The Kier molecular flexibility index (Phi) is 2.66. The highest BCUT2D eigenvalue weighted by Crippen LogP contribution is 2.31. The normalized spacial score (nSPS) is 35.8. The van der Waals surface area contributed by atoms with E-state index in [1.165, 1.54) is 45.1 Å². The van der Waals surface area contributed by atoms with Crippen LogP contribution in [0.15, 0.2) is 0 Å². The highest BCUT2D eigenvalue weighted by molar-refractivity contribution is 4.82. The third-order valence-electron chi connectivity index (χ3n) is 3.02. The Balaban J connectivity index is 1.75. The molecule has 0 aromatic heterocycles. The molecule has 0 aliphatic carbocycles. The molecular formula is C10H19NO. The van der Waals surface area contributed by atoms with Gasteiger partial charge in [0.1, 0.15) is 0 Å². The first-order valence-electron chi connectivity index (χ1n) is 5.33. The van der Waals surface area contributed by atoms with Gasteiger partial charge in [-0.05, 0) is 25.7 Å². The van der Waals surface area contributed by atoms with Gasteiger partial charge in [-0.1, -0.05) is 19.8 Å². The molecular weight excluding hydrogens is 150 g/mol. The summed E-state index contributed by atoms with van der Waals surface area (Å²) in [4.78, 5) is 5.82. The van der Waals surface area contributed by atoms with E-state index in [2.05, 4.69) is 12.0 Å². The maximum absolute atomic E-state index is 5.82. The summed E-state index contributed by atoms with van der Waals surface area (Å²) in [6, 6.07) is 0.770. The molecule has 0 bridgehead atoms. The van der Waals surface area contributed by atoms with Gasteiger partial charge in [-0.3, -0.25) is 4.84 Å². The van der Waals surface area contributed by atoms with Crippen LogP contribution in [0.2, 0.25) is 0 Å². The summed E-state index contributed by atoms with van der Waals surface area (Å²) >= 11 is 0. The topological polar surface area (TPSA) is 12.5 Å². The second-order valence-electron chi connectivity index (χ2n) is 4.04. The first-order valence-corrected chi connectivity index (χ1v) is 5.33. The predicted octanol–water partition coefficient (Wildman–Crippen LogP) is 2.34. The second kappa shape index (κ2) is 3.75. The third-order valence-corrected chi connectivity index (χ3v) is 3.02. The zero-order valence-electron chi connectivity index (χ0n) is 7.96. The average molecular weight is 169 g/mol. The molecule has 70 valence electrons. The van der Waals surface area contributed by atoms with Crippen LogP contribution in [-0.4, -0.2) is 23.8 Å². The van der Waals surface area contributed by atoms with Gasteiger partial charge >= 0.3 is 0 Å². The molecule has 2 heterocycles. The average Bonchev–Trinajstić information content (AvgIpc) is 2.58. The van der Waals surface area contributed by atoms with E-state index in [1.54, 1.807) is 0 Å². The van der Waals surface area contributed by atoms with Crippen molar-refractivity contribution in [1.29, 1.82) is 0 Å². The Morgan fingerprint density at radius 1 is 1.50 bits per heavy atom. The lowest BCUT2D eigenvalue weighted by atomic mass is 10.0. The minimum absolute atomic E-state index is 0.551. The zero-order chi connectivity index (χ0) is 8.39. The smallest absolute Gasteiger partial charge is 0.0809 e. The fourth-order valence-electron chi connectivity index (χ4n) is 2.32. The van der Waals surface area contributed by atoms with Crippen molar-refractivity contribution in [1.82, 2.24) is 5.06 Å². The number of rotatable bonds is 3. The van der Waals surface area contributed by atoms with Gasteiger partial charge < -0.3 is 0 Å². The van der Waals surface area contributed by atoms with Crippen LogP contribution < -0.4 is 0 Å². The van der Waals surface area contributed by atoms with E-state index in [0.717, 1.165) is 6.04 Å². The van der Waals surface area contributed by atoms with E-state index in [1.807, 2.05) is 0 Å². The molecule has 2 aliphatic heterocycles. The van der Waals surface area contributed by atoms with Crippen molar-refractivity contribution in [3.05, 3.63) is 0 Å². The third kappa shape index (κ3) is 1.64. The van der Waals surface area contributed by atoms with Crippen LogP contribution in [0.3, 0.4) is 0 Å². The molecule has 0 saturated carbocycles. The highest BCUT2D eigenvalue weighted by atomic mass is 16.7. The number of hydrogen-bond donors (Lipinski definition) is 0. The lowest BCUT2D eigenvalue weighted by Gasteiger charge is -2.13. The van der Waals surface area contributed by atoms with Crippen molar-refractivity contribution in [2.24, 2.45) is 0 Å². The van der Waals surface area contributed by atoms with Crippen molar-refractivity contribution >= 4 is 0 Å². The fraction of sp³-hybridized carbons (Fsp3) is 1.00. The van der Waals surface area contributed by atoms with E-state index in [9.17, 15) is 0 Å². The summed E-state index contributed by atoms with van der Waals surface area (Å²) in [5, 5.41) is 2.22. The second-order valence-corrected chi connectivity index (χ2v) is 4.04. The maximum Gasteiger partial charge on any atom is 0.0809 e. The summed E-state index contributed by atoms with van der Waals surface area (Å²) in [6.45, 7) is 3.42.